The van der Waals surface area contributed by atoms with Gasteiger partial charge in [-0.25, -0.2) is 0 Å². The molecule has 0 aromatic carbocycles. The van der Waals surface area contributed by atoms with E-state index in [0.717, 1.165) is 51.7 Å². The fraction of sp³-hybridized carbons (Fsp3) is 0.857. The molecule has 96 valence electrons. The van der Waals surface area contributed by atoms with Crippen LogP contribution >= 0.6 is 0 Å². The van der Waals surface area contributed by atoms with E-state index in [2.05, 4.69) is 12.2 Å². The van der Waals surface area contributed by atoms with E-state index in [1.54, 1.807) is 0 Å². The van der Waals surface area contributed by atoms with Crippen molar-refractivity contribution < 1.29 is 14.2 Å². The summed E-state index contributed by atoms with van der Waals surface area (Å²) in [7, 11) is 0. The molecule has 3 heterocycles. The molecule has 0 saturated carbocycles. The van der Waals surface area contributed by atoms with Crippen molar-refractivity contribution in [2.75, 3.05) is 13.2 Å². The predicted octanol–water partition coefficient (Wildman–Crippen LogP) is 2.45. The molecule has 0 aromatic rings. The second kappa shape index (κ2) is 5.51. The smallest absolute Gasteiger partial charge is 0.0871 e. The highest BCUT2D eigenvalue weighted by Crippen LogP contribution is 2.28. The van der Waals surface area contributed by atoms with Crippen LogP contribution in [0.4, 0.5) is 0 Å². The maximum Gasteiger partial charge on any atom is 0.0871 e. The van der Waals surface area contributed by atoms with E-state index in [9.17, 15) is 0 Å². The molecule has 0 bridgehead atoms. The minimum Gasteiger partial charge on any atom is -0.375 e. The summed E-state index contributed by atoms with van der Waals surface area (Å²) in [6.45, 7) is 1.78. The summed E-state index contributed by atoms with van der Waals surface area (Å²) >= 11 is 0. The summed E-state index contributed by atoms with van der Waals surface area (Å²) in [6, 6.07) is 0. The van der Waals surface area contributed by atoms with E-state index in [1.807, 2.05) is 0 Å². The van der Waals surface area contributed by atoms with Crippen LogP contribution in [0.3, 0.4) is 0 Å². The number of ether oxygens (including phenoxy) is 3. The highest BCUT2D eigenvalue weighted by atomic mass is 16.6. The molecular formula is C14H22O3. The molecular weight excluding hydrogens is 216 g/mol. The van der Waals surface area contributed by atoms with Crippen LogP contribution in [0.15, 0.2) is 12.2 Å². The summed E-state index contributed by atoms with van der Waals surface area (Å²) in [6.07, 6.45) is 12.1. The molecule has 0 radical (unpaired) electrons. The van der Waals surface area contributed by atoms with E-state index in [0.29, 0.717) is 0 Å². The molecule has 3 rings (SSSR count). The Hall–Kier alpha value is -0.380. The van der Waals surface area contributed by atoms with Crippen molar-refractivity contribution in [3.63, 3.8) is 0 Å². The van der Waals surface area contributed by atoms with Gasteiger partial charge in [-0.2, -0.15) is 0 Å². The molecule has 0 unspecified atom stereocenters. The van der Waals surface area contributed by atoms with Gasteiger partial charge < -0.3 is 14.2 Å². The molecule has 2 saturated heterocycles. The molecule has 0 aliphatic carbocycles. The van der Waals surface area contributed by atoms with Crippen LogP contribution in [-0.4, -0.2) is 37.6 Å². The Kier molecular flexibility index (Phi) is 3.79. The Morgan fingerprint density at radius 3 is 1.76 bits per heavy atom. The van der Waals surface area contributed by atoms with Gasteiger partial charge in [-0.15, -0.1) is 0 Å². The van der Waals surface area contributed by atoms with Gasteiger partial charge in [0.15, 0.2) is 0 Å². The van der Waals surface area contributed by atoms with Crippen molar-refractivity contribution in [3.05, 3.63) is 12.2 Å². The normalized spacial score (nSPS) is 44.7. The van der Waals surface area contributed by atoms with Gasteiger partial charge in [-0.3, -0.25) is 0 Å². The van der Waals surface area contributed by atoms with Crippen LogP contribution in [-0.2, 0) is 14.2 Å². The lowest BCUT2D eigenvalue weighted by Gasteiger charge is -2.37. The average Bonchev–Trinajstić information content (AvgIpc) is 2.46. The highest BCUT2D eigenvalue weighted by molar-refractivity contribution is 4.94. The fourth-order valence-electron chi connectivity index (χ4n) is 3.06. The third-order valence-electron chi connectivity index (χ3n) is 4.01. The highest BCUT2D eigenvalue weighted by Gasteiger charge is 2.34. The monoisotopic (exact) mass is 238 g/mol. The standard InChI is InChI=1S/C14H22O3/c1-2-6-12-14(8-4-10-16-12)17-13-7-3-9-15-11(13)5-1/h1-2,11-14H,3-10H2/b2-1-/t11-,12+,13+,14-. The Bertz CT molecular complexity index is 251. The van der Waals surface area contributed by atoms with Gasteiger partial charge in [0.05, 0.1) is 24.4 Å². The van der Waals surface area contributed by atoms with E-state index in [1.165, 1.54) is 0 Å². The number of hydrogen-bond donors (Lipinski definition) is 0. The minimum atomic E-state index is 0.265. The second-order valence-corrected chi connectivity index (χ2v) is 5.26. The molecule has 3 aliphatic rings. The summed E-state index contributed by atoms with van der Waals surface area (Å²) in [5.41, 5.74) is 0. The summed E-state index contributed by atoms with van der Waals surface area (Å²) in [4.78, 5) is 0. The summed E-state index contributed by atoms with van der Waals surface area (Å²) < 4.78 is 18.0. The van der Waals surface area contributed by atoms with Crippen molar-refractivity contribution >= 4 is 0 Å². The fourth-order valence-corrected chi connectivity index (χ4v) is 3.06. The number of rotatable bonds is 0. The predicted molar refractivity (Wildman–Crippen MR) is 65.0 cm³/mol. The van der Waals surface area contributed by atoms with Crippen molar-refractivity contribution in [1.29, 1.82) is 0 Å². The quantitative estimate of drug-likeness (QED) is 0.607. The molecule has 17 heavy (non-hydrogen) atoms. The van der Waals surface area contributed by atoms with Crippen LogP contribution in [0.25, 0.3) is 0 Å². The first-order chi connectivity index (χ1) is 8.43. The molecule has 2 fully saturated rings. The minimum absolute atomic E-state index is 0.265. The Labute approximate surface area is 103 Å². The molecule has 3 nitrogen and oxygen atoms in total. The molecule has 0 N–H and O–H groups in total. The zero-order valence-corrected chi connectivity index (χ0v) is 10.3. The Balaban J connectivity index is 1.72. The summed E-state index contributed by atoms with van der Waals surface area (Å²) in [5.74, 6) is 0. The molecule has 4 atom stereocenters. The summed E-state index contributed by atoms with van der Waals surface area (Å²) in [5, 5.41) is 0. The lowest BCUT2D eigenvalue weighted by Crippen LogP contribution is -2.43. The number of fused-ring (bicyclic) bond motifs is 2. The first-order valence-corrected chi connectivity index (χ1v) is 6.97. The molecule has 3 aliphatic heterocycles. The zero-order chi connectivity index (χ0) is 11.5. The van der Waals surface area contributed by atoms with E-state index in [4.69, 9.17) is 14.2 Å². The Morgan fingerprint density at radius 1 is 0.706 bits per heavy atom. The molecule has 0 spiro atoms. The van der Waals surface area contributed by atoms with Gasteiger partial charge in [0, 0.05) is 13.2 Å². The largest absolute Gasteiger partial charge is 0.375 e. The van der Waals surface area contributed by atoms with Gasteiger partial charge in [0.1, 0.15) is 0 Å². The van der Waals surface area contributed by atoms with Gasteiger partial charge in [-0.1, -0.05) is 12.2 Å². The topological polar surface area (TPSA) is 27.7 Å². The van der Waals surface area contributed by atoms with Gasteiger partial charge in [0.2, 0.25) is 0 Å². The van der Waals surface area contributed by atoms with Crippen molar-refractivity contribution in [2.24, 2.45) is 0 Å². The van der Waals surface area contributed by atoms with Crippen LogP contribution in [0.2, 0.25) is 0 Å². The SMILES string of the molecule is C1=C\C[C@H]2OCCC[C@@H]2O[C@@H]2CCCO[C@H]2C/1. The second-order valence-electron chi connectivity index (χ2n) is 5.26. The third-order valence-corrected chi connectivity index (χ3v) is 4.01. The first kappa shape index (κ1) is 11.7. The number of hydrogen-bond acceptors (Lipinski definition) is 3. The maximum absolute atomic E-state index is 6.29. The van der Waals surface area contributed by atoms with E-state index in [-0.39, 0.29) is 24.4 Å². The average molecular weight is 238 g/mol. The van der Waals surface area contributed by atoms with Gasteiger partial charge in [0.25, 0.3) is 0 Å². The van der Waals surface area contributed by atoms with Crippen LogP contribution in [0, 0.1) is 0 Å². The van der Waals surface area contributed by atoms with Crippen LogP contribution in [0.5, 0.6) is 0 Å². The van der Waals surface area contributed by atoms with Gasteiger partial charge in [-0.05, 0) is 38.5 Å². The van der Waals surface area contributed by atoms with Crippen LogP contribution < -0.4 is 0 Å². The maximum atomic E-state index is 6.29. The Morgan fingerprint density at radius 2 is 1.24 bits per heavy atom. The lowest BCUT2D eigenvalue weighted by molar-refractivity contribution is -0.174. The van der Waals surface area contributed by atoms with E-state index < -0.39 is 0 Å². The first-order valence-electron chi connectivity index (χ1n) is 6.97. The lowest BCUT2D eigenvalue weighted by atomic mass is 10.0. The van der Waals surface area contributed by atoms with Crippen molar-refractivity contribution in [1.82, 2.24) is 0 Å². The zero-order valence-electron chi connectivity index (χ0n) is 10.3. The van der Waals surface area contributed by atoms with Crippen LogP contribution in [0.1, 0.15) is 38.5 Å². The van der Waals surface area contributed by atoms with Gasteiger partial charge >= 0.3 is 0 Å². The molecule has 0 amide bonds. The van der Waals surface area contributed by atoms with Crippen molar-refractivity contribution in [3.8, 4) is 0 Å². The van der Waals surface area contributed by atoms with E-state index >= 15 is 0 Å². The third kappa shape index (κ3) is 2.72. The molecule has 0 aromatic heterocycles. The molecule has 3 heteroatoms. The van der Waals surface area contributed by atoms with Crippen molar-refractivity contribution in [2.45, 2.75) is 62.9 Å².